The number of hydrogen-bond donors (Lipinski definition) is 3. The van der Waals surface area contributed by atoms with E-state index in [9.17, 15) is 9.90 Å². The molecule has 0 aromatic carbocycles. The molecular formula is C14H21N3O2. The molecule has 0 spiro atoms. The third kappa shape index (κ3) is 4.27. The van der Waals surface area contributed by atoms with Gasteiger partial charge in [-0.15, -0.1) is 0 Å². The summed E-state index contributed by atoms with van der Waals surface area (Å²) in [5.41, 5.74) is 5.52. The maximum Gasteiger partial charge on any atom is 0.315 e. The molecule has 2 unspecified atom stereocenters. The summed E-state index contributed by atoms with van der Waals surface area (Å²) in [6.45, 7) is 2.44. The number of carbonyl (C=O) groups excluding carboxylic acids is 1. The number of nitrogens with one attached hydrogen (secondary N) is 2. The molecule has 5 heteroatoms. The van der Waals surface area contributed by atoms with Crippen LogP contribution in [0.25, 0.3) is 0 Å². The van der Waals surface area contributed by atoms with E-state index < -0.39 is 6.10 Å². The molecule has 2 aliphatic rings. The van der Waals surface area contributed by atoms with Crippen LogP contribution in [0.15, 0.2) is 23.6 Å². The second-order valence-corrected chi connectivity index (χ2v) is 5.21. The van der Waals surface area contributed by atoms with Crippen LogP contribution in [-0.2, 0) is 0 Å². The van der Waals surface area contributed by atoms with E-state index in [2.05, 4.69) is 34.0 Å². The highest BCUT2D eigenvalue weighted by atomic mass is 16.3. The average Bonchev–Trinajstić information content (AvgIpc) is 2.40. The van der Waals surface area contributed by atoms with Crippen molar-refractivity contribution < 1.29 is 9.90 Å². The molecular weight excluding hydrogens is 242 g/mol. The number of likely N-dealkylation sites (tertiary alicyclic amines) is 1. The minimum atomic E-state index is -0.593. The van der Waals surface area contributed by atoms with Crippen molar-refractivity contribution in [2.45, 2.75) is 25.0 Å². The summed E-state index contributed by atoms with van der Waals surface area (Å²) in [5.74, 6) is -0.121. The van der Waals surface area contributed by atoms with E-state index >= 15 is 0 Å². The highest BCUT2D eigenvalue weighted by Gasteiger charge is 2.20. The molecule has 1 saturated heterocycles. The van der Waals surface area contributed by atoms with Crippen molar-refractivity contribution in [3.05, 3.63) is 23.6 Å². The largest absolute Gasteiger partial charge is 0.388 e. The SMILES string of the molecule is CN1CCC(NC(=O)NCC2C=C=C=CC2O)CC1. The standard InChI is InChI=1S/C14H21N3O2/c1-17-8-6-12(7-9-17)16-14(19)15-10-11-4-2-3-5-13(11)18/h4-5,11-13,18H,6-10H2,1H3,(H2,15,16,19). The maximum atomic E-state index is 11.8. The highest BCUT2D eigenvalue weighted by Crippen LogP contribution is 2.09. The van der Waals surface area contributed by atoms with Gasteiger partial charge in [0.15, 0.2) is 0 Å². The average molecular weight is 263 g/mol. The molecule has 1 aliphatic heterocycles. The van der Waals surface area contributed by atoms with Gasteiger partial charge in [0.2, 0.25) is 0 Å². The van der Waals surface area contributed by atoms with Crippen LogP contribution in [0.3, 0.4) is 0 Å². The summed E-state index contributed by atoms with van der Waals surface area (Å²) in [6, 6.07) is 0.0940. The number of amides is 2. The van der Waals surface area contributed by atoms with Crippen LogP contribution in [0.4, 0.5) is 4.79 Å². The first-order chi connectivity index (χ1) is 9.15. The Morgan fingerprint density at radius 3 is 2.74 bits per heavy atom. The topological polar surface area (TPSA) is 64.6 Å². The fourth-order valence-corrected chi connectivity index (χ4v) is 2.29. The van der Waals surface area contributed by atoms with Gasteiger partial charge in [0.25, 0.3) is 0 Å². The molecule has 3 N–H and O–H groups in total. The second-order valence-electron chi connectivity index (χ2n) is 5.21. The van der Waals surface area contributed by atoms with Crippen LogP contribution in [0, 0.1) is 5.92 Å². The molecule has 2 rings (SSSR count). The van der Waals surface area contributed by atoms with Gasteiger partial charge >= 0.3 is 6.03 Å². The normalized spacial score (nSPS) is 27.5. The molecule has 5 nitrogen and oxygen atoms in total. The minimum absolute atomic E-state index is 0.121. The number of piperidine rings is 1. The summed E-state index contributed by atoms with van der Waals surface area (Å²) in [5, 5.41) is 15.4. The van der Waals surface area contributed by atoms with Gasteiger partial charge in [-0.2, -0.15) is 0 Å². The first-order valence-electron chi connectivity index (χ1n) is 6.74. The van der Waals surface area contributed by atoms with E-state index in [-0.39, 0.29) is 18.0 Å². The Bertz CT molecular complexity index is 414. The van der Waals surface area contributed by atoms with Crippen LogP contribution >= 0.6 is 0 Å². The van der Waals surface area contributed by atoms with Gasteiger partial charge in [0.1, 0.15) is 0 Å². The fraction of sp³-hybridized carbons (Fsp3) is 0.643. The van der Waals surface area contributed by atoms with Crippen molar-refractivity contribution in [2.75, 3.05) is 26.7 Å². The van der Waals surface area contributed by atoms with Gasteiger partial charge < -0.3 is 20.6 Å². The molecule has 1 heterocycles. The molecule has 19 heavy (non-hydrogen) atoms. The molecule has 0 saturated carbocycles. The van der Waals surface area contributed by atoms with Gasteiger partial charge in [0.05, 0.1) is 6.10 Å². The molecule has 0 radical (unpaired) electrons. The van der Waals surface area contributed by atoms with Gasteiger partial charge in [-0.3, -0.25) is 0 Å². The minimum Gasteiger partial charge on any atom is -0.388 e. The van der Waals surface area contributed by atoms with Crippen molar-refractivity contribution in [1.29, 1.82) is 0 Å². The lowest BCUT2D eigenvalue weighted by atomic mass is 10.0. The molecule has 1 fully saturated rings. The quantitative estimate of drug-likeness (QED) is 0.639. The van der Waals surface area contributed by atoms with E-state index in [0.717, 1.165) is 25.9 Å². The van der Waals surface area contributed by atoms with Crippen LogP contribution in [0.5, 0.6) is 0 Å². The zero-order valence-corrected chi connectivity index (χ0v) is 11.2. The Labute approximate surface area is 113 Å². The van der Waals surface area contributed by atoms with E-state index in [4.69, 9.17) is 0 Å². The Morgan fingerprint density at radius 2 is 2.05 bits per heavy atom. The first kappa shape index (κ1) is 13.9. The molecule has 1 aliphatic carbocycles. The Hall–Kier alpha value is -1.51. The number of urea groups is 1. The summed E-state index contributed by atoms with van der Waals surface area (Å²) in [6.07, 6.45) is 4.68. The number of nitrogens with zero attached hydrogens (tertiary/aromatic N) is 1. The molecule has 2 atom stereocenters. The van der Waals surface area contributed by atoms with E-state index in [1.165, 1.54) is 0 Å². The number of rotatable bonds is 3. The highest BCUT2D eigenvalue weighted by molar-refractivity contribution is 5.74. The number of carbonyl (C=O) groups is 1. The third-order valence-corrected chi connectivity index (χ3v) is 3.63. The Balaban J connectivity index is 1.69. The number of aliphatic hydroxyl groups is 1. The Morgan fingerprint density at radius 1 is 1.37 bits per heavy atom. The second kappa shape index (κ2) is 6.60. The van der Waals surface area contributed by atoms with Crippen molar-refractivity contribution >= 4 is 6.03 Å². The van der Waals surface area contributed by atoms with Gasteiger partial charge in [-0.05, 0) is 45.1 Å². The summed E-state index contributed by atoms with van der Waals surface area (Å²) in [7, 11) is 2.09. The van der Waals surface area contributed by atoms with Gasteiger partial charge in [-0.25, -0.2) is 4.79 Å². The van der Waals surface area contributed by atoms with Crippen LogP contribution in [0.2, 0.25) is 0 Å². The zero-order valence-electron chi connectivity index (χ0n) is 11.2. The summed E-state index contributed by atoms with van der Waals surface area (Å²) < 4.78 is 0. The van der Waals surface area contributed by atoms with Crippen molar-refractivity contribution in [3.63, 3.8) is 0 Å². The molecule has 104 valence electrons. The van der Waals surface area contributed by atoms with E-state index in [1.54, 1.807) is 12.2 Å². The zero-order chi connectivity index (χ0) is 13.7. The fourth-order valence-electron chi connectivity index (χ4n) is 2.29. The van der Waals surface area contributed by atoms with Crippen molar-refractivity contribution in [3.8, 4) is 0 Å². The number of aliphatic hydroxyl groups excluding tert-OH is 1. The number of hydrogen-bond acceptors (Lipinski definition) is 3. The first-order valence-corrected chi connectivity index (χ1v) is 6.74. The lowest BCUT2D eigenvalue weighted by molar-refractivity contribution is 0.172. The van der Waals surface area contributed by atoms with Crippen molar-refractivity contribution in [2.24, 2.45) is 5.92 Å². The molecule has 0 aromatic heterocycles. The van der Waals surface area contributed by atoms with Crippen LogP contribution in [-0.4, -0.2) is 54.9 Å². The van der Waals surface area contributed by atoms with E-state index in [0.29, 0.717) is 6.54 Å². The lowest BCUT2D eigenvalue weighted by Crippen LogP contribution is -2.48. The molecule has 0 aromatic rings. The lowest BCUT2D eigenvalue weighted by Gasteiger charge is -2.29. The summed E-state index contributed by atoms with van der Waals surface area (Å²) >= 11 is 0. The predicted molar refractivity (Wildman–Crippen MR) is 72.7 cm³/mol. The smallest absolute Gasteiger partial charge is 0.315 e. The molecule has 0 bridgehead atoms. The van der Waals surface area contributed by atoms with Crippen LogP contribution in [0.1, 0.15) is 12.8 Å². The van der Waals surface area contributed by atoms with Gasteiger partial charge in [-0.1, -0.05) is 11.5 Å². The predicted octanol–water partition coefficient (Wildman–Crippen LogP) is 0.237. The summed E-state index contributed by atoms with van der Waals surface area (Å²) in [4.78, 5) is 14.0. The van der Waals surface area contributed by atoms with E-state index in [1.807, 2.05) is 0 Å². The van der Waals surface area contributed by atoms with Crippen molar-refractivity contribution in [1.82, 2.24) is 15.5 Å². The van der Waals surface area contributed by atoms with Gasteiger partial charge in [0, 0.05) is 18.5 Å². The monoisotopic (exact) mass is 263 g/mol. The molecule has 2 amide bonds. The Kier molecular flexibility index (Phi) is 4.83. The maximum absolute atomic E-state index is 11.8. The third-order valence-electron chi connectivity index (χ3n) is 3.63. The van der Waals surface area contributed by atoms with Crippen LogP contribution < -0.4 is 10.6 Å².